The second-order valence-corrected chi connectivity index (χ2v) is 7.06. The lowest BCUT2D eigenvalue weighted by Gasteiger charge is -2.02. The van der Waals surface area contributed by atoms with Gasteiger partial charge in [-0.2, -0.15) is 4.98 Å². The average molecular weight is 433 g/mol. The van der Waals surface area contributed by atoms with Crippen LogP contribution >= 0.6 is 15.9 Å². The summed E-state index contributed by atoms with van der Waals surface area (Å²) in [5, 5.41) is 12.7. The van der Waals surface area contributed by atoms with Crippen molar-refractivity contribution in [3.63, 3.8) is 0 Å². The molecule has 0 radical (unpaired) electrons. The molecule has 0 spiro atoms. The third kappa shape index (κ3) is 3.07. The maximum atomic E-state index is 5.44. The van der Waals surface area contributed by atoms with Crippen LogP contribution in [0.25, 0.3) is 33.9 Å². The first-order valence-electron chi connectivity index (χ1n) is 8.59. The number of fused-ring (bicyclic) bond motifs is 1. The first kappa shape index (κ1) is 16.8. The van der Waals surface area contributed by atoms with E-state index < -0.39 is 0 Å². The molecule has 3 aromatic heterocycles. The molecule has 8 heteroatoms. The minimum atomic E-state index is 0.462. The fourth-order valence-electron chi connectivity index (χ4n) is 2.97. The van der Waals surface area contributed by atoms with Crippen LogP contribution < -0.4 is 0 Å². The molecular formula is C20H13BrN6O. The van der Waals surface area contributed by atoms with Crippen LogP contribution in [0.1, 0.15) is 5.56 Å². The standard InChI is InChI=1S/C20H13BrN6O/c21-16-4-2-1-3-15(16)20-23-19(25-28-20)14-5-6-18-17(11-14)24-26-27(18)12-13-7-9-22-10-8-13/h1-11H,12H2. The van der Waals surface area contributed by atoms with E-state index in [9.17, 15) is 0 Å². The molecule has 5 rings (SSSR count). The third-order valence-corrected chi connectivity index (χ3v) is 5.08. The van der Waals surface area contributed by atoms with Crippen LogP contribution in [0.5, 0.6) is 0 Å². The SMILES string of the molecule is Brc1ccccc1-c1nc(-c2ccc3c(c2)nnn3Cc2ccncc2)no1. The highest BCUT2D eigenvalue weighted by molar-refractivity contribution is 9.10. The largest absolute Gasteiger partial charge is 0.334 e. The minimum Gasteiger partial charge on any atom is -0.334 e. The Morgan fingerprint density at radius 1 is 1.00 bits per heavy atom. The van der Waals surface area contributed by atoms with Crippen LogP contribution in [0.4, 0.5) is 0 Å². The molecule has 0 atom stereocenters. The summed E-state index contributed by atoms with van der Waals surface area (Å²) in [6, 6.07) is 17.5. The lowest BCUT2D eigenvalue weighted by molar-refractivity contribution is 0.432. The molecule has 136 valence electrons. The zero-order valence-corrected chi connectivity index (χ0v) is 16.1. The summed E-state index contributed by atoms with van der Waals surface area (Å²) in [6.07, 6.45) is 3.54. The number of pyridine rings is 1. The molecule has 0 N–H and O–H groups in total. The predicted molar refractivity (Wildman–Crippen MR) is 107 cm³/mol. The van der Waals surface area contributed by atoms with Crippen molar-refractivity contribution in [2.45, 2.75) is 6.54 Å². The molecule has 0 saturated carbocycles. The maximum absolute atomic E-state index is 5.44. The second kappa shape index (κ2) is 6.97. The van der Waals surface area contributed by atoms with Gasteiger partial charge in [0.05, 0.1) is 17.6 Å². The van der Waals surface area contributed by atoms with Gasteiger partial charge in [0, 0.05) is 22.4 Å². The molecule has 0 saturated heterocycles. The normalized spacial score (nSPS) is 11.2. The summed E-state index contributed by atoms with van der Waals surface area (Å²) in [4.78, 5) is 8.56. The fraction of sp³-hybridized carbons (Fsp3) is 0.0500. The molecule has 28 heavy (non-hydrogen) atoms. The van der Waals surface area contributed by atoms with Crippen molar-refractivity contribution in [1.29, 1.82) is 0 Å². The Balaban J connectivity index is 1.47. The Hall–Kier alpha value is -3.39. The Labute approximate surface area is 168 Å². The minimum absolute atomic E-state index is 0.462. The summed E-state index contributed by atoms with van der Waals surface area (Å²) in [5.74, 6) is 0.972. The van der Waals surface area contributed by atoms with Crippen molar-refractivity contribution in [2.75, 3.05) is 0 Å². The van der Waals surface area contributed by atoms with E-state index >= 15 is 0 Å². The number of rotatable bonds is 4. The van der Waals surface area contributed by atoms with Gasteiger partial charge in [-0.1, -0.05) is 22.5 Å². The Morgan fingerprint density at radius 2 is 1.86 bits per heavy atom. The third-order valence-electron chi connectivity index (χ3n) is 4.38. The summed E-state index contributed by atoms with van der Waals surface area (Å²) in [7, 11) is 0. The second-order valence-electron chi connectivity index (χ2n) is 6.21. The molecule has 2 aromatic carbocycles. The first-order chi connectivity index (χ1) is 13.8. The van der Waals surface area contributed by atoms with Gasteiger partial charge in [-0.25, -0.2) is 4.68 Å². The van der Waals surface area contributed by atoms with E-state index in [1.807, 2.05) is 59.3 Å². The van der Waals surface area contributed by atoms with E-state index in [0.29, 0.717) is 18.3 Å². The summed E-state index contributed by atoms with van der Waals surface area (Å²) < 4.78 is 8.20. The van der Waals surface area contributed by atoms with Crippen molar-refractivity contribution in [1.82, 2.24) is 30.1 Å². The molecule has 0 aliphatic heterocycles. The van der Waals surface area contributed by atoms with Crippen molar-refractivity contribution in [3.8, 4) is 22.8 Å². The van der Waals surface area contributed by atoms with Crippen LogP contribution in [0.15, 0.2) is 76.0 Å². The van der Waals surface area contributed by atoms with E-state index in [0.717, 1.165) is 32.2 Å². The Bertz CT molecular complexity index is 1260. The van der Waals surface area contributed by atoms with Gasteiger partial charge in [-0.15, -0.1) is 5.10 Å². The van der Waals surface area contributed by atoms with Gasteiger partial charge in [-0.3, -0.25) is 4.98 Å². The van der Waals surface area contributed by atoms with Gasteiger partial charge in [0.15, 0.2) is 0 Å². The van der Waals surface area contributed by atoms with Crippen molar-refractivity contribution in [2.24, 2.45) is 0 Å². The molecule has 0 bridgehead atoms. The van der Waals surface area contributed by atoms with Crippen LogP contribution in [0.3, 0.4) is 0 Å². The topological polar surface area (TPSA) is 82.5 Å². The Kier molecular flexibility index (Phi) is 4.17. The smallest absolute Gasteiger partial charge is 0.259 e. The zero-order chi connectivity index (χ0) is 18.9. The van der Waals surface area contributed by atoms with Gasteiger partial charge in [0.25, 0.3) is 5.89 Å². The zero-order valence-electron chi connectivity index (χ0n) is 14.5. The van der Waals surface area contributed by atoms with Crippen molar-refractivity contribution in [3.05, 3.63) is 77.0 Å². The molecule has 7 nitrogen and oxygen atoms in total. The Morgan fingerprint density at radius 3 is 2.71 bits per heavy atom. The number of halogens is 1. The molecule has 0 aliphatic carbocycles. The number of aromatic nitrogens is 6. The number of nitrogens with zero attached hydrogens (tertiary/aromatic N) is 6. The van der Waals surface area contributed by atoms with Gasteiger partial charge in [0.1, 0.15) is 5.52 Å². The van der Waals surface area contributed by atoms with E-state index in [2.05, 4.69) is 41.4 Å². The highest BCUT2D eigenvalue weighted by Crippen LogP contribution is 2.29. The molecule has 0 fully saturated rings. The highest BCUT2D eigenvalue weighted by atomic mass is 79.9. The van der Waals surface area contributed by atoms with Gasteiger partial charge in [-0.05, 0) is 64.0 Å². The summed E-state index contributed by atoms with van der Waals surface area (Å²) in [6.45, 7) is 0.632. The first-order valence-corrected chi connectivity index (χ1v) is 9.38. The fourth-order valence-corrected chi connectivity index (χ4v) is 3.43. The molecular weight excluding hydrogens is 420 g/mol. The average Bonchev–Trinajstić information content (AvgIpc) is 3.37. The molecule has 5 aromatic rings. The van der Waals surface area contributed by atoms with Crippen LogP contribution in [0.2, 0.25) is 0 Å². The van der Waals surface area contributed by atoms with E-state index in [-0.39, 0.29) is 0 Å². The lowest BCUT2D eigenvalue weighted by Crippen LogP contribution is -2.01. The predicted octanol–water partition coefficient (Wildman–Crippen LogP) is 4.35. The molecule has 0 amide bonds. The van der Waals surface area contributed by atoms with E-state index in [1.165, 1.54) is 0 Å². The van der Waals surface area contributed by atoms with E-state index in [1.54, 1.807) is 12.4 Å². The van der Waals surface area contributed by atoms with Crippen molar-refractivity contribution >= 4 is 27.0 Å². The number of hydrogen-bond donors (Lipinski definition) is 0. The van der Waals surface area contributed by atoms with Gasteiger partial charge >= 0.3 is 0 Å². The quantitative estimate of drug-likeness (QED) is 0.419. The summed E-state index contributed by atoms with van der Waals surface area (Å²) in [5.41, 5.74) is 4.51. The molecule has 3 heterocycles. The number of hydrogen-bond acceptors (Lipinski definition) is 6. The maximum Gasteiger partial charge on any atom is 0.259 e. The van der Waals surface area contributed by atoms with E-state index in [4.69, 9.17) is 4.52 Å². The van der Waals surface area contributed by atoms with Gasteiger partial charge < -0.3 is 4.52 Å². The van der Waals surface area contributed by atoms with Crippen molar-refractivity contribution < 1.29 is 4.52 Å². The molecule has 0 aliphatic rings. The monoisotopic (exact) mass is 432 g/mol. The van der Waals surface area contributed by atoms with Crippen LogP contribution in [-0.4, -0.2) is 30.1 Å². The molecule has 0 unspecified atom stereocenters. The van der Waals surface area contributed by atoms with Crippen LogP contribution in [0, 0.1) is 0 Å². The highest BCUT2D eigenvalue weighted by Gasteiger charge is 2.14. The summed E-state index contributed by atoms with van der Waals surface area (Å²) >= 11 is 3.51. The lowest BCUT2D eigenvalue weighted by atomic mass is 10.2. The van der Waals surface area contributed by atoms with Gasteiger partial charge in [0.2, 0.25) is 5.82 Å². The number of benzene rings is 2. The van der Waals surface area contributed by atoms with Crippen LogP contribution in [-0.2, 0) is 6.54 Å².